The fourth-order valence-electron chi connectivity index (χ4n) is 1.42. The highest BCUT2D eigenvalue weighted by Gasteiger charge is 2.10. The van der Waals surface area contributed by atoms with Crippen molar-refractivity contribution in [1.82, 2.24) is 4.98 Å². The normalized spacial score (nSPS) is 15.5. The van der Waals surface area contributed by atoms with Gasteiger partial charge in [-0.25, -0.2) is 0 Å². The van der Waals surface area contributed by atoms with Gasteiger partial charge in [0.1, 0.15) is 0 Å². The summed E-state index contributed by atoms with van der Waals surface area (Å²) >= 11 is 0. The van der Waals surface area contributed by atoms with Crippen LogP contribution in [0.25, 0.3) is 5.57 Å². The Bertz CT molecular complexity index is 391. The minimum absolute atomic E-state index is 0.721. The van der Waals surface area contributed by atoms with Crippen LogP contribution >= 0.6 is 0 Å². The molecule has 0 saturated heterocycles. The number of aromatic nitrogens is 1. The summed E-state index contributed by atoms with van der Waals surface area (Å²) in [5.41, 5.74) is 9.87. The fraction of sp³-hybridized carbons (Fsp3) is 0.200. The Morgan fingerprint density at radius 3 is 2.92 bits per heavy atom. The van der Waals surface area contributed by atoms with E-state index in [1.807, 2.05) is 19.2 Å². The molecular weight excluding hydrogens is 162 g/mol. The molecule has 1 aliphatic rings. The van der Waals surface area contributed by atoms with Crippen molar-refractivity contribution in [3.8, 4) is 0 Å². The summed E-state index contributed by atoms with van der Waals surface area (Å²) in [6.45, 7) is 2.01. The van der Waals surface area contributed by atoms with Crippen molar-refractivity contribution in [2.45, 2.75) is 13.3 Å². The molecule has 3 heteroatoms. The lowest BCUT2D eigenvalue weighted by atomic mass is 10.0. The third kappa shape index (κ3) is 1.45. The van der Waals surface area contributed by atoms with E-state index in [1.165, 1.54) is 5.57 Å². The number of nitrogens with two attached hydrogens (primary N) is 1. The van der Waals surface area contributed by atoms with Crippen molar-refractivity contribution in [3.63, 3.8) is 0 Å². The van der Waals surface area contributed by atoms with Crippen molar-refractivity contribution >= 4 is 17.0 Å². The molecule has 2 heterocycles. The quantitative estimate of drug-likeness (QED) is 0.704. The number of aliphatic imine (C=N–C) groups is 1. The molecule has 0 fully saturated rings. The number of hydrogen-bond donors (Lipinski definition) is 1. The van der Waals surface area contributed by atoms with E-state index in [9.17, 15) is 0 Å². The van der Waals surface area contributed by atoms with Gasteiger partial charge >= 0.3 is 0 Å². The molecule has 1 aromatic rings. The van der Waals surface area contributed by atoms with Gasteiger partial charge in [0.25, 0.3) is 0 Å². The van der Waals surface area contributed by atoms with Crippen LogP contribution in [-0.2, 0) is 0 Å². The highest BCUT2D eigenvalue weighted by molar-refractivity contribution is 5.98. The maximum atomic E-state index is 5.79. The number of anilines is 1. The Hall–Kier alpha value is -1.64. The Morgan fingerprint density at radius 2 is 2.31 bits per heavy atom. The van der Waals surface area contributed by atoms with E-state index in [2.05, 4.69) is 9.98 Å². The van der Waals surface area contributed by atoms with Crippen LogP contribution in [0.4, 0.5) is 5.69 Å². The smallest absolute Gasteiger partial charge is 0.0577 e. The predicted molar refractivity (Wildman–Crippen MR) is 54.4 cm³/mol. The van der Waals surface area contributed by atoms with E-state index >= 15 is 0 Å². The lowest BCUT2D eigenvalue weighted by Crippen LogP contribution is -1.95. The second-order valence-electron chi connectivity index (χ2n) is 3.16. The molecule has 2 rings (SSSR count). The second kappa shape index (κ2) is 3.01. The van der Waals surface area contributed by atoms with Gasteiger partial charge in [0, 0.05) is 30.1 Å². The maximum absolute atomic E-state index is 5.79. The Morgan fingerprint density at radius 1 is 1.46 bits per heavy atom. The van der Waals surface area contributed by atoms with Crippen LogP contribution in [0.2, 0.25) is 0 Å². The largest absolute Gasteiger partial charge is 0.397 e. The fourth-order valence-corrected chi connectivity index (χ4v) is 1.42. The van der Waals surface area contributed by atoms with Gasteiger partial charge in [0.05, 0.1) is 11.9 Å². The van der Waals surface area contributed by atoms with E-state index in [0.29, 0.717) is 0 Å². The van der Waals surface area contributed by atoms with Gasteiger partial charge in [-0.1, -0.05) is 0 Å². The van der Waals surface area contributed by atoms with Crippen molar-refractivity contribution in [2.75, 3.05) is 5.73 Å². The van der Waals surface area contributed by atoms with Crippen molar-refractivity contribution in [3.05, 3.63) is 30.2 Å². The van der Waals surface area contributed by atoms with Crippen LogP contribution in [0.1, 0.15) is 18.9 Å². The molecule has 0 amide bonds. The zero-order valence-electron chi connectivity index (χ0n) is 7.49. The average molecular weight is 173 g/mol. The molecule has 0 atom stereocenters. The van der Waals surface area contributed by atoms with Crippen molar-refractivity contribution in [2.24, 2.45) is 4.99 Å². The van der Waals surface area contributed by atoms with Crippen LogP contribution in [0.15, 0.2) is 29.7 Å². The SMILES string of the molecule is CC1=NC=C(c2ccncc2N)C1. The first-order valence-electron chi connectivity index (χ1n) is 4.19. The highest BCUT2D eigenvalue weighted by atomic mass is 14.7. The Kier molecular flexibility index (Phi) is 1.85. The molecule has 2 N–H and O–H groups in total. The number of nitrogens with zero attached hydrogens (tertiary/aromatic N) is 2. The topological polar surface area (TPSA) is 51.3 Å². The van der Waals surface area contributed by atoms with E-state index in [4.69, 9.17) is 5.73 Å². The minimum atomic E-state index is 0.721. The predicted octanol–water partition coefficient (Wildman–Crippen LogP) is 1.87. The van der Waals surface area contributed by atoms with Crippen LogP contribution < -0.4 is 5.73 Å². The average Bonchev–Trinajstić information content (AvgIpc) is 2.53. The Labute approximate surface area is 77.0 Å². The molecule has 0 radical (unpaired) electrons. The van der Waals surface area contributed by atoms with Gasteiger partial charge in [0.15, 0.2) is 0 Å². The molecular formula is C10H11N3. The summed E-state index contributed by atoms with van der Waals surface area (Å²) in [4.78, 5) is 8.16. The summed E-state index contributed by atoms with van der Waals surface area (Å²) in [7, 11) is 0. The van der Waals surface area contributed by atoms with Gasteiger partial charge in [-0.2, -0.15) is 0 Å². The molecule has 1 aliphatic heterocycles. The summed E-state index contributed by atoms with van der Waals surface area (Å²) in [6, 6.07) is 1.93. The van der Waals surface area contributed by atoms with Crippen LogP contribution in [0.5, 0.6) is 0 Å². The first-order chi connectivity index (χ1) is 6.27. The van der Waals surface area contributed by atoms with Crippen molar-refractivity contribution in [1.29, 1.82) is 0 Å². The van der Waals surface area contributed by atoms with Gasteiger partial charge in [-0.05, 0) is 18.6 Å². The van der Waals surface area contributed by atoms with Crippen LogP contribution in [-0.4, -0.2) is 10.7 Å². The standard InChI is InChI=1S/C10H11N3/c1-7-4-8(5-13-7)9-2-3-12-6-10(9)11/h2-3,5-6H,4,11H2,1H3. The molecule has 0 aromatic carbocycles. The lowest BCUT2D eigenvalue weighted by Gasteiger charge is -2.04. The molecule has 0 bridgehead atoms. The molecule has 0 unspecified atom stereocenters. The number of allylic oxidation sites excluding steroid dienone is 1. The molecule has 13 heavy (non-hydrogen) atoms. The number of nitrogen functional groups attached to an aromatic ring is 1. The molecule has 0 saturated carbocycles. The maximum Gasteiger partial charge on any atom is 0.0577 e. The second-order valence-corrected chi connectivity index (χ2v) is 3.16. The molecule has 3 nitrogen and oxygen atoms in total. The van der Waals surface area contributed by atoms with E-state index in [0.717, 1.165) is 23.4 Å². The van der Waals surface area contributed by atoms with E-state index < -0.39 is 0 Å². The van der Waals surface area contributed by atoms with Gasteiger partial charge in [0.2, 0.25) is 0 Å². The van der Waals surface area contributed by atoms with Gasteiger partial charge in [-0.3, -0.25) is 9.98 Å². The number of hydrogen-bond acceptors (Lipinski definition) is 3. The van der Waals surface area contributed by atoms with Crippen LogP contribution in [0, 0.1) is 0 Å². The zero-order valence-corrected chi connectivity index (χ0v) is 7.49. The Balaban J connectivity index is 2.34. The van der Waals surface area contributed by atoms with Crippen LogP contribution in [0.3, 0.4) is 0 Å². The summed E-state index contributed by atoms with van der Waals surface area (Å²) in [6.07, 6.45) is 6.19. The number of rotatable bonds is 1. The third-order valence-corrected chi connectivity index (χ3v) is 2.08. The summed E-state index contributed by atoms with van der Waals surface area (Å²) in [5, 5.41) is 0. The van der Waals surface area contributed by atoms with Gasteiger partial charge < -0.3 is 5.73 Å². The lowest BCUT2D eigenvalue weighted by molar-refractivity contribution is 1.31. The third-order valence-electron chi connectivity index (χ3n) is 2.08. The molecule has 0 aliphatic carbocycles. The summed E-state index contributed by atoms with van der Waals surface area (Å²) < 4.78 is 0. The van der Waals surface area contributed by atoms with E-state index in [-0.39, 0.29) is 0 Å². The monoisotopic (exact) mass is 173 g/mol. The molecule has 1 aromatic heterocycles. The first kappa shape index (κ1) is 7.98. The molecule has 66 valence electrons. The first-order valence-corrected chi connectivity index (χ1v) is 4.19. The zero-order chi connectivity index (χ0) is 9.26. The molecule has 0 spiro atoms. The minimum Gasteiger partial charge on any atom is -0.397 e. The van der Waals surface area contributed by atoms with Gasteiger partial charge in [-0.15, -0.1) is 0 Å². The number of pyridine rings is 1. The van der Waals surface area contributed by atoms with Crippen molar-refractivity contribution < 1.29 is 0 Å². The highest BCUT2D eigenvalue weighted by Crippen LogP contribution is 2.26. The summed E-state index contributed by atoms with van der Waals surface area (Å²) in [5.74, 6) is 0. The van der Waals surface area contributed by atoms with E-state index in [1.54, 1.807) is 12.4 Å².